The summed E-state index contributed by atoms with van der Waals surface area (Å²) in [6.07, 6.45) is -5.54. The molecule has 0 spiro atoms. The summed E-state index contributed by atoms with van der Waals surface area (Å²) < 4.78 is 32.0. The van der Waals surface area contributed by atoms with E-state index >= 15 is 0 Å². The summed E-state index contributed by atoms with van der Waals surface area (Å²) in [6, 6.07) is 3.20. The van der Waals surface area contributed by atoms with Crippen LogP contribution in [0.2, 0.25) is 0 Å². The maximum absolute atomic E-state index is 12.1. The minimum atomic E-state index is -3.68. The van der Waals surface area contributed by atoms with Crippen molar-refractivity contribution in [3.8, 4) is 0 Å². The summed E-state index contributed by atoms with van der Waals surface area (Å²) in [5.41, 5.74) is 0. The van der Waals surface area contributed by atoms with Gasteiger partial charge in [-0.1, -0.05) is 0 Å². The zero-order valence-electron chi connectivity index (χ0n) is 11.6. The molecule has 0 radical (unpaired) electrons. The van der Waals surface area contributed by atoms with Crippen LogP contribution in [0.3, 0.4) is 0 Å². The summed E-state index contributed by atoms with van der Waals surface area (Å²) >= 11 is 1.14. The van der Waals surface area contributed by atoms with Crippen molar-refractivity contribution in [2.45, 2.75) is 48.6 Å². The van der Waals surface area contributed by atoms with Crippen molar-refractivity contribution in [1.29, 1.82) is 0 Å². The Hall–Kier alpha value is -0.550. The van der Waals surface area contributed by atoms with E-state index in [9.17, 15) is 23.7 Å². The fourth-order valence-corrected chi connectivity index (χ4v) is 4.50. The van der Waals surface area contributed by atoms with Crippen molar-refractivity contribution in [1.82, 2.24) is 4.72 Å². The zero-order valence-corrected chi connectivity index (χ0v) is 13.3. The molecule has 0 bridgehead atoms. The SMILES string of the molecule is Cc1ccc(S(=O)(=O)NC[C@H]2OC(C)[C@@H](O)C(O)C2O)s1. The van der Waals surface area contributed by atoms with Crippen molar-refractivity contribution in [2.75, 3.05) is 6.54 Å². The molecule has 1 aliphatic rings. The molecule has 7 nitrogen and oxygen atoms in total. The average molecular weight is 337 g/mol. The number of ether oxygens (including phenoxy) is 1. The van der Waals surface area contributed by atoms with E-state index in [1.54, 1.807) is 19.9 Å². The second kappa shape index (κ2) is 6.29. The fourth-order valence-electron chi connectivity index (χ4n) is 2.12. The monoisotopic (exact) mass is 337 g/mol. The Labute approximate surface area is 127 Å². The lowest BCUT2D eigenvalue weighted by molar-refractivity contribution is -0.214. The number of thiophene rings is 1. The van der Waals surface area contributed by atoms with Crippen LogP contribution in [0.15, 0.2) is 16.3 Å². The van der Waals surface area contributed by atoms with E-state index in [1.165, 1.54) is 6.07 Å². The third-order valence-corrected chi connectivity index (χ3v) is 6.32. The molecule has 2 rings (SSSR count). The highest BCUT2D eigenvalue weighted by atomic mass is 32.2. The quantitative estimate of drug-likeness (QED) is 0.572. The van der Waals surface area contributed by atoms with E-state index in [0.29, 0.717) is 0 Å². The van der Waals surface area contributed by atoms with E-state index in [4.69, 9.17) is 4.74 Å². The smallest absolute Gasteiger partial charge is 0.250 e. The predicted octanol–water partition coefficient (Wildman–Crippen LogP) is -0.795. The van der Waals surface area contributed by atoms with Gasteiger partial charge in [-0.3, -0.25) is 0 Å². The standard InChI is InChI=1S/C12H19NO6S2/c1-6-3-4-9(20-6)21(17,18)13-5-8-11(15)12(16)10(14)7(2)19-8/h3-4,7-8,10-16H,5H2,1-2H3/t7?,8-,10-,11?,12?/m1/s1. The Morgan fingerprint density at radius 2 is 1.90 bits per heavy atom. The number of sulfonamides is 1. The van der Waals surface area contributed by atoms with Crippen molar-refractivity contribution >= 4 is 21.4 Å². The molecule has 4 N–H and O–H groups in total. The number of aryl methyl sites for hydroxylation is 1. The van der Waals surface area contributed by atoms with Crippen LogP contribution in [0.5, 0.6) is 0 Å². The fraction of sp³-hybridized carbons (Fsp3) is 0.667. The second-order valence-corrected chi connectivity index (χ2v) is 8.35. The topological polar surface area (TPSA) is 116 Å². The highest BCUT2D eigenvalue weighted by molar-refractivity contribution is 7.91. The van der Waals surface area contributed by atoms with E-state index in [0.717, 1.165) is 16.2 Å². The molecule has 0 aromatic carbocycles. The average Bonchev–Trinajstić information content (AvgIpc) is 2.86. The molecule has 5 atom stereocenters. The van der Waals surface area contributed by atoms with Gasteiger partial charge in [-0.05, 0) is 26.0 Å². The van der Waals surface area contributed by atoms with Gasteiger partial charge < -0.3 is 20.1 Å². The van der Waals surface area contributed by atoms with Gasteiger partial charge in [-0.2, -0.15) is 0 Å². The number of hydrogen-bond donors (Lipinski definition) is 4. The summed E-state index contributed by atoms with van der Waals surface area (Å²) in [6.45, 7) is 3.16. The van der Waals surface area contributed by atoms with Crippen molar-refractivity contribution in [3.63, 3.8) is 0 Å². The molecule has 1 aromatic rings. The summed E-state index contributed by atoms with van der Waals surface area (Å²) in [5.74, 6) is 0. The molecule has 9 heteroatoms. The predicted molar refractivity (Wildman–Crippen MR) is 76.6 cm³/mol. The lowest BCUT2D eigenvalue weighted by Gasteiger charge is -2.39. The van der Waals surface area contributed by atoms with Gasteiger partial charge in [0, 0.05) is 11.4 Å². The van der Waals surface area contributed by atoms with Gasteiger partial charge >= 0.3 is 0 Å². The molecule has 3 unspecified atom stereocenters. The van der Waals surface area contributed by atoms with Crippen LogP contribution >= 0.6 is 11.3 Å². The third kappa shape index (κ3) is 3.62. The summed E-state index contributed by atoms with van der Waals surface area (Å²) in [5, 5.41) is 29.1. The van der Waals surface area contributed by atoms with Crippen LogP contribution in [0.1, 0.15) is 11.8 Å². The van der Waals surface area contributed by atoms with Gasteiger partial charge in [0.2, 0.25) is 10.0 Å². The molecule has 1 saturated heterocycles. The second-order valence-electron chi connectivity index (χ2n) is 5.07. The first-order chi connectivity index (χ1) is 9.72. The molecule has 1 fully saturated rings. The number of aliphatic hydroxyl groups excluding tert-OH is 3. The number of hydrogen-bond acceptors (Lipinski definition) is 7. The third-order valence-electron chi connectivity index (χ3n) is 3.41. The Morgan fingerprint density at radius 3 is 2.48 bits per heavy atom. The maximum Gasteiger partial charge on any atom is 0.250 e. The Kier molecular flexibility index (Phi) is 5.03. The number of aliphatic hydroxyl groups is 3. The molecular weight excluding hydrogens is 318 g/mol. The van der Waals surface area contributed by atoms with Crippen molar-refractivity contribution < 1.29 is 28.5 Å². The minimum Gasteiger partial charge on any atom is -0.388 e. The first-order valence-electron chi connectivity index (χ1n) is 6.48. The van der Waals surface area contributed by atoms with Crippen LogP contribution in [0, 0.1) is 6.92 Å². The molecule has 0 amide bonds. The van der Waals surface area contributed by atoms with Crippen molar-refractivity contribution in [3.05, 3.63) is 17.0 Å². The summed E-state index contributed by atoms with van der Waals surface area (Å²) in [7, 11) is -3.68. The normalized spacial score (nSPS) is 34.0. The first kappa shape index (κ1) is 16.8. The number of rotatable bonds is 4. The van der Waals surface area contributed by atoms with E-state index in [2.05, 4.69) is 4.72 Å². The molecule has 120 valence electrons. The van der Waals surface area contributed by atoms with Gasteiger partial charge in [0.1, 0.15) is 28.6 Å². The van der Waals surface area contributed by atoms with Gasteiger partial charge in [-0.15, -0.1) is 11.3 Å². The highest BCUT2D eigenvalue weighted by Gasteiger charge is 2.41. The van der Waals surface area contributed by atoms with Gasteiger partial charge in [-0.25, -0.2) is 13.1 Å². The van der Waals surface area contributed by atoms with E-state index < -0.39 is 40.5 Å². The summed E-state index contributed by atoms with van der Waals surface area (Å²) in [4.78, 5) is 0.872. The molecule has 0 saturated carbocycles. The van der Waals surface area contributed by atoms with Gasteiger partial charge in [0.25, 0.3) is 0 Å². The molecule has 0 aliphatic carbocycles. The molecule has 1 aromatic heterocycles. The maximum atomic E-state index is 12.1. The lowest BCUT2D eigenvalue weighted by atomic mass is 9.96. The number of nitrogens with one attached hydrogen (secondary N) is 1. The first-order valence-corrected chi connectivity index (χ1v) is 8.78. The Balaban J connectivity index is 2.02. The van der Waals surface area contributed by atoms with Crippen LogP contribution < -0.4 is 4.72 Å². The lowest BCUT2D eigenvalue weighted by Crippen LogP contribution is -2.59. The molecule has 2 heterocycles. The van der Waals surface area contributed by atoms with Crippen molar-refractivity contribution in [2.24, 2.45) is 0 Å². The van der Waals surface area contributed by atoms with Crippen LogP contribution in [-0.4, -0.2) is 60.8 Å². The molecular formula is C12H19NO6S2. The molecule has 21 heavy (non-hydrogen) atoms. The zero-order chi connectivity index (χ0) is 15.8. The largest absolute Gasteiger partial charge is 0.388 e. The van der Waals surface area contributed by atoms with Gasteiger partial charge in [0.05, 0.1) is 6.10 Å². The Morgan fingerprint density at radius 1 is 1.24 bits per heavy atom. The van der Waals surface area contributed by atoms with Crippen LogP contribution in [0.4, 0.5) is 0 Å². The van der Waals surface area contributed by atoms with E-state index in [1.807, 2.05) is 0 Å². The van der Waals surface area contributed by atoms with Crippen LogP contribution in [0.25, 0.3) is 0 Å². The Bertz CT molecular complexity index is 586. The minimum absolute atomic E-state index is 0.180. The van der Waals surface area contributed by atoms with Gasteiger partial charge in [0.15, 0.2) is 0 Å². The highest BCUT2D eigenvalue weighted by Crippen LogP contribution is 2.23. The molecule has 1 aliphatic heterocycles. The van der Waals surface area contributed by atoms with Crippen LogP contribution in [-0.2, 0) is 14.8 Å². The van der Waals surface area contributed by atoms with E-state index in [-0.39, 0.29) is 10.8 Å².